The minimum Gasteiger partial charge on any atom is -0.394 e. The number of nitrogens with one attached hydrogen (secondary N) is 1. The Labute approximate surface area is 86.5 Å². The third-order valence-electron chi connectivity index (χ3n) is 1.60. The minimum atomic E-state index is -0.917. The second kappa shape index (κ2) is 7.94. The monoisotopic (exact) mass is 221 g/mol. The van der Waals surface area contributed by atoms with Gasteiger partial charge in [-0.05, 0) is 12.8 Å². The molecule has 0 aromatic rings. The normalized spacial score (nSPS) is 11.9. The molecule has 0 aliphatic rings. The van der Waals surface area contributed by atoms with Crippen molar-refractivity contribution in [1.82, 2.24) is 5.32 Å². The Morgan fingerprint density at radius 1 is 1.60 bits per heavy atom. The fraction of sp³-hybridized carbons (Fsp3) is 0.857. The first-order chi connectivity index (χ1) is 7.07. The molecule has 0 bridgehead atoms. The summed E-state index contributed by atoms with van der Waals surface area (Å²) in [5, 5.41) is 19.9. The van der Waals surface area contributed by atoms with E-state index in [9.17, 15) is 14.9 Å². The summed E-state index contributed by atoms with van der Waals surface area (Å²) in [5.41, 5.74) is 5.22. The highest BCUT2D eigenvalue weighted by Crippen LogP contribution is 1.89. The summed E-state index contributed by atoms with van der Waals surface area (Å²) in [5.74, 6) is -0.437. The lowest BCUT2D eigenvalue weighted by molar-refractivity contribution is -0.757. The molecule has 0 saturated heterocycles. The number of hydrogen-bond acceptors (Lipinski definition) is 6. The Hall–Kier alpha value is -1.41. The molecule has 0 aliphatic carbocycles. The van der Waals surface area contributed by atoms with Gasteiger partial charge in [-0.3, -0.25) is 4.79 Å². The maximum Gasteiger partial charge on any atom is 0.294 e. The van der Waals surface area contributed by atoms with Gasteiger partial charge >= 0.3 is 0 Å². The van der Waals surface area contributed by atoms with Gasteiger partial charge < -0.3 is 21.0 Å². The third-order valence-corrected chi connectivity index (χ3v) is 1.60. The lowest BCUT2D eigenvalue weighted by Crippen LogP contribution is -2.43. The highest BCUT2D eigenvalue weighted by atomic mass is 16.9. The van der Waals surface area contributed by atoms with Gasteiger partial charge in [-0.15, -0.1) is 10.1 Å². The number of nitrogens with zero attached hydrogens (tertiary/aromatic N) is 1. The van der Waals surface area contributed by atoms with E-state index in [1.165, 1.54) is 0 Å². The van der Waals surface area contributed by atoms with Crippen LogP contribution in [-0.2, 0) is 9.63 Å². The fourth-order valence-corrected chi connectivity index (χ4v) is 0.792. The molecule has 1 amide bonds. The Bertz CT molecular complexity index is 211. The summed E-state index contributed by atoms with van der Waals surface area (Å²) < 4.78 is 0. The number of hydrogen-bond donors (Lipinski definition) is 3. The Morgan fingerprint density at radius 3 is 2.80 bits per heavy atom. The molecule has 4 N–H and O–H groups in total. The van der Waals surface area contributed by atoms with Crippen molar-refractivity contribution in [2.45, 2.75) is 18.9 Å². The van der Waals surface area contributed by atoms with E-state index in [4.69, 9.17) is 10.8 Å². The summed E-state index contributed by atoms with van der Waals surface area (Å²) in [6.07, 6.45) is 1.02. The van der Waals surface area contributed by atoms with Crippen LogP contribution in [0.1, 0.15) is 12.8 Å². The first-order valence-electron chi connectivity index (χ1n) is 4.49. The van der Waals surface area contributed by atoms with Gasteiger partial charge in [-0.2, -0.15) is 0 Å². The first kappa shape index (κ1) is 13.6. The molecule has 8 heteroatoms. The largest absolute Gasteiger partial charge is 0.394 e. The van der Waals surface area contributed by atoms with Crippen LogP contribution in [-0.4, -0.2) is 41.9 Å². The molecule has 0 saturated carbocycles. The van der Waals surface area contributed by atoms with Crippen molar-refractivity contribution >= 4 is 5.91 Å². The van der Waals surface area contributed by atoms with Crippen LogP contribution in [0.3, 0.4) is 0 Å². The molecule has 88 valence electrons. The van der Waals surface area contributed by atoms with Gasteiger partial charge in [0.15, 0.2) is 0 Å². The summed E-state index contributed by atoms with van der Waals surface area (Å²) in [7, 11) is 0. The maximum atomic E-state index is 11.0. The van der Waals surface area contributed by atoms with E-state index in [-0.39, 0.29) is 6.61 Å². The van der Waals surface area contributed by atoms with Crippen LogP contribution < -0.4 is 11.1 Å². The number of aliphatic hydroxyl groups excluding tert-OH is 1. The number of carbonyl (C=O) groups excluding carboxylic acids is 1. The van der Waals surface area contributed by atoms with Crippen molar-refractivity contribution in [3.63, 3.8) is 0 Å². The molecule has 0 aromatic carbocycles. The van der Waals surface area contributed by atoms with E-state index in [1.807, 2.05) is 0 Å². The first-order valence-corrected chi connectivity index (χ1v) is 4.49. The second-order valence-corrected chi connectivity index (χ2v) is 2.84. The molecule has 1 atom stereocenters. The van der Waals surface area contributed by atoms with Gasteiger partial charge in [0.2, 0.25) is 5.91 Å². The molecule has 0 heterocycles. The smallest absolute Gasteiger partial charge is 0.294 e. The van der Waals surface area contributed by atoms with E-state index >= 15 is 0 Å². The van der Waals surface area contributed by atoms with Crippen LogP contribution >= 0.6 is 0 Å². The topological polar surface area (TPSA) is 128 Å². The van der Waals surface area contributed by atoms with Crippen LogP contribution in [0.2, 0.25) is 0 Å². The van der Waals surface area contributed by atoms with Gasteiger partial charge in [0.25, 0.3) is 5.09 Å². The van der Waals surface area contributed by atoms with Gasteiger partial charge in [-0.1, -0.05) is 0 Å². The van der Waals surface area contributed by atoms with Gasteiger partial charge in [-0.25, -0.2) is 0 Å². The van der Waals surface area contributed by atoms with Crippen molar-refractivity contribution in [2.24, 2.45) is 5.73 Å². The Kier molecular flexibility index (Phi) is 7.20. The molecule has 1 unspecified atom stereocenters. The third kappa shape index (κ3) is 7.65. The van der Waals surface area contributed by atoms with Gasteiger partial charge in [0.1, 0.15) is 6.04 Å². The van der Waals surface area contributed by atoms with Crippen molar-refractivity contribution in [3.8, 4) is 0 Å². The van der Waals surface area contributed by atoms with Crippen LogP contribution in [0.15, 0.2) is 0 Å². The molecule has 0 rings (SSSR count). The summed E-state index contributed by atoms with van der Waals surface area (Å²) in [6.45, 7) is -0.0429. The minimum absolute atomic E-state index is 0.00885. The number of unbranched alkanes of at least 4 members (excludes halogenated alkanes) is 1. The number of nitrogens with two attached hydrogens (primary N) is 1. The highest BCUT2D eigenvalue weighted by Gasteiger charge is 2.10. The molecule has 0 radical (unpaired) electrons. The van der Waals surface area contributed by atoms with Crippen molar-refractivity contribution in [2.75, 3.05) is 19.8 Å². The van der Waals surface area contributed by atoms with Crippen LogP contribution in [0.4, 0.5) is 0 Å². The van der Waals surface area contributed by atoms with E-state index in [1.54, 1.807) is 0 Å². The summed E-state index contributed by atoms with van der Waals surface area (Å²) >= 11 is 0. The fourth-order valence-electron chi connectivity index (χ4n) is 0.792. The Morgan fingerprint density at radius 2 is 2.27 bits per heavy atom. The maximum absolute atomic E-state index is 11.0. The quantitative estimate of drug-likeness (QED) is 0.257. The zero-order valence-corrected chi connectivity index (χ0v) is 8.22. The van der Waals surface area contributed by atoms with E-state index in [0.717, 1.165) is 0 Å². The van der Waals surface area contributed by atoms with Crippen molar-refractivity contribution in [3.05, 3.63) is 10.1 Å². The van der Waals surface area contributed by atoms with Crippen molar-refractivity contribution in [1.29, 1.82) is 0 Å². The summed E-state index contributed by atoms with van der Waals surface area (Å²) in [4.78, 5) is 24.8. The molecule has 0 aliphatic heterocycles. The lowest BCUT2D eigenvalue weighted by Gasteiger charge is -2.08. The highest BCUT2D eigenvalue weighted by molar-refractivity contribution is 5.81. The van der Waals surface area contributed by atoms with Gasteiger partial charge in [0, 0.05) is 6.54 Å². The standard InChI is InChI=1S/C7H15N3O5/c8-6(5-11)7(12)9-3-1-2-4-15-10(13)14/h6,11H,1-5,8H2,(H,9,12). The molecule has 0 aromatic heterocycles. The average Bonchev–Trinajstić information content (AvgIpc) is 2.21. The lowest BCUT2D eigenvalue weighted by atomic mass is 10.3. The average molecular weight is 221 g/mol. The molecule has 0 spiro atoms. The number of carbonyl (C=O) groups is 1. The van der Waals surface area contributed by atoms with E-state index < -0.39 is 23.6 Å². The zero-order valence-electron chi connectivity index (χ0n) is 8.22. The molecular formula is C7H15N3O5. The Balaban J connectivity index is 3.31. The summed E-state index contributed by atoms with van der Waals surface area (Å²) in [6, 6.07) is -0.917. The van der Waals surface area contributed by atoms with E-state index in [0.29, 0.717) is 19.4 Å². The molecular weight excluding hydrogens is 206 g/mol. The number of amides is 1. The van der Waals surface area contributed by atoms with E-state index in [2.05, 4.69) is 10.2 Å². The zero-order chi connectivity index (χ0) is 11.7. The second-order valence-electron chi connectivity index (χ2n) is 2.84. The van der Waals surface area contributed by atoms with Crippen LogP contribution in [0.5, 0.6) is 0 Å². The van der Waals surface area contributed by atoms with Crippen LogP contribution in [0, 0.1) is 10.1 Å². The van der Waals surface area contributed by atoms with Crippen LogP contribution in [0.25, 0.3) is 0 Å². The van der Waals surface area contributed by atoms with Crippen molar-refractivity contribution < 1.29 is 19.8 Å². The molecule has 8 nitrogen and oxygen atoms in total. The van der Waals surface area contributed by atoms with Gasteiger partial charge in [0.05, 0.1) is 13.2 Å². The predicted molar refractivity (Wildman–Crippen MR) is 50.3 cm³/mol. The molecule has 0 fully saturated rings. The number of aliphatic hydroxyl groups is 1. The predicted octanol–water partition coefficient (Wildman–Crippen LogP) is -1.59. The number of rotatable bonds is 8. The SMILES string of the molecule is NC(CO)C(=O)NCCCCO[N+](=O)[O-]. The molecule has 15 heavy (non-hydrogen) atoms.